The molecule has 0 spiro atoms. The Morgan fingerprint density at radius 1 is 0.941 bits per heavy atom. The highest BCUT2D eigenvalue weighted by Gasteiger charge is 1.89. The van der Waals surface area contributed by atoms with Crippen LogP contribution in [0.5, 0.6) is 0 Å². The van der Waals surface area contributed by atoms with Crippen molar-refractivity contribution in [3.63, 3.8) is 0 Å². The monoisotopic (exact) mass is 302 g/mol. The summed E-state index contributed by atoms with van der Waals surface area (Å²) in [5, 5.41) is 9.04. The second-order valence-electron chi connectivity index (χ2n) is 3.35. The highest BCUT2D eigenvalue weighted by molar-refractivity contribution is 9.09. The summed E-state index contributed by atoms with van der Waals surface area (Å²) in [6, 6.07) is 0. The minimum absolute atomic E-state index is 0.108. The lowest BCUT2D eigenvalue weighted by Crippen LogP contribution is -1.95. The van der Waals surface area contributed by atoms with E-state index in [2.05, 4.69) is 27.8 Å². The Bertz CT molecular complexity index is 203. The van der Waals surface area contributed by atoms with Gasteiger partial charge < -0.3 is 9.84 Å². The van der Waals surface area contributed by atoms with E-state index in [4.69, 9.17) is 22.7 Å². The zero-order valence-electron chi connectivity index (χ0n) is 10.5. The smallest absolute Gasteiger partial charge is 0.0575 e. The maximum Gasteiger partial charge on any atom is 0.0575 e. The molecule has 0 aromatic carbocycles. The average molecular weight is 303 g/mol. The van der Waals surface area contributed by atoms with Gasteiger partial charge in [0.15, 0.2) is 0 Å². The highest BCUT2D eigenvalue weighted by Crippen LogP contribution is 2.01. The maximum absolute atomic E-state index is 7.92. The van der Waals surface area contributed by atoms with Crippen molar-refractivity contribution >= 4 is 15.9 Å². The molecule has 0 saturated carbocycles. The fourth-order valence-electron chi connectivity index (χ4n) is 0.950. The van der Waals surface area contributed by atoms with Crippen LogP contribution in [-0.4, -0.2) is 30.3 Å². The summed E-state index contributed by atoms with van der Waals surface area (Å²) < 4.78 is 5.30. The molecule has 1 N–H and O–H groups in total. The zero-order valence-corrected chi connectivity index (χ0v) is 12.0. The van der Waals surface area contributed by atoms with E-state index in [1.807, 2.05) is 0 Å². The summed E-state index contributed by atoms with van der Waals surface area (Å²) >= 11 is 3.40. The van der Waals surface area contributed by atoms with Gasteiger partial charge in [0, 0.05) is 24.8 Å². The van der Waals surface area contributed by atoms with Gasteiger partial charge in [-0.2, -0.15) is 0 Å². The van der Waals surface area contributed by atoms with Crippen LogP contribution in [0.3, 0.4) is 0 Å². The Morgan fingerprint density at radius 3 is 2.06 bits per heavy atom. The van der Waals surface area contributed by atoms with E-state index in [1.165, 1.54) is 19.3 Å². The molecule has 0 heterocycles. The van der Waals surface area contributed by atoms with Gasteiger partial charge in [0.2, 0.25) is 0 Å². The van der Waals surface area contributed by atoms with Gasteiger partial charge in [-0.15, -0.1) is 24.7 Å². The maximum atomic E-state index is 7.92. The van der Waals surface area contributed by atoms with Gasteiger partial charge in [-0.25, -0.2) is 0 Å². The number of hydrogen-bond donors (Lipinski definition) is 1. The second-order valence-corrected chi connectivity index (χ2v) is 4.14. The van der Waals surface area contributed by atoms with Crippen molar-refractivity contribution in [2.45, 2.75) is 38.5 Å². The quantitative estimate of drug-likeness (QED) is 0.403. The fourth-order valence-corrected chi connectivity index (χ4v) is 1.35. The number of alkyl halides is 1. The highest BCUT2D eigenvalue weighted by atomic mass is 79.9. The van der Waals surface area contributed by atoms with Crippen LogP contribution < -0.4 is 0 Å². The Balaban J connectivity index is 0. The summed E-state index contributed by atoms with van der Waals surface area (Å²) in [5.41, 5.74) is 0. The number of aliphatic hydroxyl groups is 1. The van der Waals surface area contributed by atoms with E-state index < -0.39 is 0 Å². The Morgan fingerprint density at radius 2 is 1.59 bits per heavy atom. The van der Waals surface area contributed by atoms with Crippen LogP contribution in [0.1, 0.15) is 38.5 Å². The Hall–Kier alpha value is -0.480. The van der Waals surface area contributed by atoms with Crippen LogP contribution in [0.4, 0.5) is 0 Å². The second kappa shape index (κ2) is 20.9. The normalized spacial score (nSPS) is 8.71. The molecular formula is C14H23BrO2. The van der Waals surface area contributed by atoms with Gasteiger partial charge in [0.05, 0.1) is 13.2 Å². The lowest BCUT2D eigenvalue weighted by molar-refractivity contribution is 0.135. The van der Waals surface area contributed by atoms with Crippen molar-refractivity contribution in [1.82, 2.24) is 0 Å². The van der Waals surface area contributed by atoms with Gasteiger partial charge in [-0.3, -0.25) is 0 Å². The summed E-state index contributed by atoms with van der Waals surface area (Å²) in [6.07, 6.45) is 16.0. The molecule has 0 rings (SSSR count). The lowest BCUT2D eigenvalue weighted by atomic mass is 10.2. The summed E-state index contributed by atoms with van der Waals surface area (Å²) in [5.74, 6) is 4.82. The van der Waals surface area contributed by atoms with Crippen molar-refractivity contribution in [1.29, 1.82) is 0 Å². The van der Waals surface area contributed by atoms with E-state index in [0.717, 1.165) is 31.4 Å². The Labute approximate surface area is 114 Å². The third kappa shape index (κ3) is 25.6. The van der Waals surface area contributed by atoms with Crippen molar-refractivity contribution in [3.05, 3.63) is 0 Å². The number of halogens is 1. The minimum atomic E-state index is 0.108. The molecule has 2 nitrogen and oxygen atoms in total. The van der Waals surface area contributed by atoms with Crippen LogP contribution in [0, 0.1) is 24.7 Å². The first-order chi connectivity index (χ1) is 8.33. The molecule has 0 atom stereocenters. The zero-order chi connectivity index (χ0) is 13.2. The molecule has 0 bridgehead atoms. The molecule has 0 fully saturated rings. The summed E-state index contributed by atoms with van der Waals surface area (Å²) in [4.78, 5) is 0. The Kier molecular flexibility index (Phi) is 23.2. The van der Waals surface area contributed by atoms with Gasteiger partial charge in [-0.05, 0) is 12.8 Å². The van der Waals surface area contributed by atoms with Crippen molar-refractivity contribution in [3.8, 4) is 24.7 Å². The molecule has 0 aromatic rings. The number of unbranched alkanes of at least 4 members (excludes halogenated alkanes) is 3. The first kappa shape index (κ1) is 18.9. The largest absolute Gasteiger partial charge is 0.395 e. The van der Waals surface area contributed by atoms with Crippen molar-refractivity contribution in [2.24, 2.45) is 0 Å². The number of ether oxygens (including phenoxy) is 1. The third-order valence-corrected chi connectivity index (χ3v) is 2.38. The van der Waals surface area contributed by atoms with Crippen LogP contribution in [0.2, 0.25) is 0 Å². The summed E-state index contributed by atoms with van der Waals surface area (Å²) in [7, 11) is 0. The van der Waals surface area contributed by atoms with Gasteiger partial charge >= 0.3 is 0 Å². The van der Waals surface area contributed by atoms with Gasteiger partial charge in [0.1, 0.15) is 0 Å². The van der Waals surface area contributed by atoms with Crippen molar-refractivity contribution in [2.75, 3.05) is 25.2 Å². The predicted octanol–water partition coefficient (Wildman–Crippen LogP) is 2.98. The lowest BCUT2D eigenvalue weighted by Gasteiger charge is -2.00. The van der Waals surface area contributed by atoms with Crippen LogP contribution in [0.25, 0.3) is 0 Å². The number of terminal acetylenes is 2. The summed E-state index contributed by atoms with van der Waals surface area (Å²) in [6.45, 7) is 1.69. The molecule has 0 radical (unpaired) electrons. The molecule has 0 unspecified atom stereocenters. The van der Waals surface area contributed by atoms with Gasteiger partial charge in [0.25, 0.3) is 0 Å². The molecule has 0 aliphatic heterocycles. The van der Waals surface area contributed by atoms with E-state index >= 15 is 0 Å². The van der Waals surface area contributed by atoms with E-state index in [0.29, 0.717) is 6.42 Å². The van der Waals surface area contributed by atoms with Crippen LogP contribution >= 0.6 is 15.9 Å². The number of rotatable bonds is 9. The first-order valence-corrected chi connectivity index (χ1v) is 7.07. The SMILES string of the molecule is C#CCCO.C#CCCOCCCCCCBr. The molecule has 0 amide bonds. The first-order valence-electron chi connectivity index (χ1n) is 5.95. The number of aliphatic hydroxyl groups excluding tert-OH is 1. The average Bonchev–Trinajstić information content (AvgIpc) is 2.34. The standard InChI is InChI=1S/C10H17BrO.C4H6O/c1-2-3-9-12-10-7-5-4-6-8-11;1-2-3-4-5/h1H,3-10H2;1,5H,3-4H2. The molecule has 17 heavy (non-hydrogen) atoms. The van der Waals surface area contributed by atoms with Crippen LogP contribution in [-0.2, 0) is 4.74 Å². The molecule has 0 aliphatic rings. The van der Waals surface area contributed by atoms with E-state index in [1.54, 1.807) is 0 Å². The van der Waals surface area contributed by atoms with Gasteiger partial charge in [-0.1, -0.05) is 28.8 Å². The van der Waals surface area contributed by atoms with Crippen LogP contribution in [0.15, 0.2) is 0 Å². The molecule has 0 aliphatic carbocycles. The molecule has 98 valence electrons. The molecular weight excluding hydrogens is 280 g/mol. The number of hydrogen-bond acceptors (Lipinski definition) is 2. The molecule has 0 saturated heterocycles. The van der Waals surface area contributed by atoms with Crippen molar-refractivity contribution < 1.29 is 9.84 Å². The molecule has 0 aromatic heterocycles. The minimum Gasteiger partial charge on any atom is -0.395 e. The fraction of sp³-hybridized carbons (Fsp3) is 0.714. The van der Waals surface area contributed by atoms with E-state index in [-0.39, 0.29) is 6.61 Å². The topological polar surface area (TPSA) is 29.5 Å². The molecule has 3 heteroatoms. The third-order valence-electron chi connectivity index (χ3n) is 1.82. The predicted molar refractivity (Wildman–Crippen MR) is 77.1 cm³/mol. The van der Waals surface area contributed by atoms with E-state index in [9.17, 15) is 0 Å².